The SMILES string of the molecule is CC(C)C1=CC[C-]=C1.CC(C)C1=CC[C-]=C1.Cl.Cl.[CH3-].[CH3-].[SiH2]=[Zr]. The first kappa shape index (κ1) is 34.1. The zero-order valence-electron chi connectivity index (χ0n) is 14.9. The third-order valence-corrected chi connectivity index (χ3v) is 2.78. The number of allylic oxidation sites excluding steroid dienone is 8. The van der Waals surface area contributed by atoms with Gasteiger partial charge in [0.1, 0.15) is 0 Å². The van der Waals surface area contributed by atoms with Crippen molar-refractivity contribution in [2.24, 2.45) is 11.8 Å². The van der Waals surface area contributed by atoms with E-state index < -0.39 is 0 Å². The van der Waals surface area contributed by atoms with Crippen molar-refractivity contribution in [3.8, 4) is 0 Å². The normalized spacial score (nSPS) is 13.0. The molecule has 0 bridgehead atoms. The molecule has 0 unspecified atom stereocenters. The van der Waals surface area contributed by atoms with E-state index in [1.807, 2.05) is 6.88 Å². The van der Waals surface area contributed by atoms with Crippen LogP contribution in [0.3, 0.4) is 0 Å². The molecule has 2 rings (SSSR count). The van der Waals surface area contributed by atoms with Gasteiger partial charge in [-0.2, -0.15) is 23.3 Å². The van der Waals surface area contributed by atoms with Gasteiger partial charge < -0.3 is 14.9 Å². The molecule has 0 aromatic carbocycles. The van der Waals surface area contributed by atoms with Crippen molar-refractivity contribution < 1.29 is 23.3 Å². The fraction of sp³-hybridized carbons (Fsp3) is 0.444. The summed E-state index contributed by atoms with van der Waals surface area (Å²) >= 11 is 1.58. The van der Waals surface area contributed by atoms with Crippen molar-refractivity contribution in [3.63, 3.8) is 0 Å². The predicted molar refractivity (Wildman–Crippen MR) is 107 cm³/mol. The van der Waals surface area contributed by atoms with Crippen LogP contribution in [0, 0.1) is 38.8 Å². The summed E-state index contributed by atoms with van der Waals surface area (Å²) in [6.07, 6.45) is 16.9. The number of rotatable bonds is 2. The Morgan fingerprint density at radius 3 is 1.18 bits per heavy atom. The molecular weight excluding hydrogens is 406 g/mol. The van der Waals surface area contributed by atoms with Crippen LogP contribution in [0.15, 0.2) is 35.5 Å². The molecule has 4 heteroatoms. The van der Waals surface area contributed by atoms with Crippen LogP contribution in [-0.4, -0.2) is 6.88 Å². The van der Waals surface area contributed by atoms with Crippen molar-refractivity contribution in [2.75, 3.05) is 0 Å². The molecule has 0 heterocycles. The second-order valence-electron chi connectivity index (χ2n) is 4.82. The molecule has 0 aromatic heterocycles. The Morgan fingerprint density at radius 2 is 1.09 bits per heavy atom. The van der Waals surface area contributed by atoms with E-state index in [1.54, 1.807) is 23.3 Å². The zero-order chi connectivity index (χ0) is 14.0. The Kier molecular flexibility index (Phi) is 33.5. The van der Waals surface area contributed by atoms with Crippen LogP contribution < -0.4 is 0 Å². The third-order valence-electron chi connectivity index (χ3n) is 2.78. The number of hydrogen-bond acceptors (Lipinski definition) is 0. The summed E-state index contributed by atoms with van der Waals surface area (Å²) in [6.45, 7) is 10.8. The van der Waals surface area contributed by atoms with E-state index in [0.717, 1.165) is 12.8 Å². The molecule has 0 atom stereocenters. The third kappa shape index (κ3) is 15.5. The van der Waals surface area contributed by atoms with Gasteiger partial charge in [0.25, 0.3) is 0 Å². The van der Waals surface area contributed by atoms with Gasteiger partial charge in [0.2, 0.25) is 0 Å². The monoisotopic (exact) mass is 436 g/mol. The van der Waals surface area contributed by atoms with Gasteiger partial charge in [-0.05, 0) is 0 Å². The van der Waals surface area contributed by atoms with Crippen LogP contribution >= 0.6 is 24.8 Å². The van der Waals surface area contributed by atoms with Gasteiger partial charge in [-0.3, -0.25) is 12.2 Å². The fourth-order valence-electron chi connectivity index (χ4n) is 1.63. The molecular formula is C18H32Cl2SiZr-4. The summed E-state index contributed by atoms with van der Waals surface area (Å²) in [5, 5.41) is 0. The molecule has 2 aliphatic rings. The van der Waals surface area contributed by atoms with Gasteiger partial charge in [-0.15, -0.1) is 37.7 Å². The van der Waals surface area contributed by atoms with Crippen LogP contribution in [0.4, 0.5) is 0 Å². The molecule has 130 valence electrons. The van der Waals surface area contributed by atoms with Crippen molar-refractivity contribution in [3.05, 3.63) is 62.5 Å². The molecule has 0 saturated carbocycles. The molecule has 0 amide bonds. The number of hydrogen-bond donors (Lipinski definition) is 0. The van der Waals surface area contributed by atoms with E-state index in [-0.39, 0.29) is 39.7 Å². The van der Waals surface area contributed by atoms with Gasteiger partial charge in [-0.1, -0.05) is 39.5 Å². The standard InChI is InChI=1S/2C8H11.2CH3.2ClH.H2Si.Zr/c2*1-7(2)8-5-3-4-6-8;;;;;;/h2*5-7H,3H2,1-2H3;2*1H3;2*1H;1H2;/q4*-1;;;;. The predicted octanol–water partition coefficient (Wildman–Crippen LogP) is 5.49. The van der Waals surface area contributed by atoms with Crippen LogP contribution in [0.2, 0.25) is 0 Å². The Labute approximate surface area is 169 Å². The van der Waals surface area contributed by atoms with Gasteiger partial charge in [-0.25, -0.2) is 12.2 Å². The van der Waals surface area contributed by atoms with E-state index in [0.29, 0.717) is 11.8 Å². The van der Waals surface area contributed by atoms with Gasteiger partial charge >= 0.3 is 30.2 Å². The second kappa shape index (κ2) is 21.6. The summed E-state index contributed by atoms with van der Waals surface area (Å²) < 4.78 is 0. The summed E-state index contributed by atoms with van der Waals surface area (Å²) in [7, 11) is 0. The van der Waals surface area contributed by atoms with E-state index in [1.165, 1.54) is 11.1 Å². The molecule has 0 radical (unpaired) electrons. The van der Waals surface area contributed by atoms with E-state index in [4.69, 9.17) is 0 Å². The first-order chi connectivity index (χ1) is 8.61. The maximum atomic E-state index is 3.14. The Balaban J connectivity index is -0.0000000676. The first-order valence-electron chi connectivity index (χ1n) is 6.50. The molecule has 0 aliphatic heterocycles. The van der Waals surface area contributed by atoms with Crippen LogP contribution in [0.25, 0.3) is 0 Å². The van der Waals surface area contributed by atoms with E-state index >= 15 is 0 Å². The van der Waals surface area contributed by atoms with E-state index in [9.17, 15) is 0 Å². The molecule has 0 aromatic rings. The Hall–Kier alpha value is 0.640. The number of halogens is 2. The molecule has 0 spiro atoms. The van der Waals surface area contributed by atoms with Gasteiger partial charge in [0.15, 0.2) is 0 Å². The van der Waals surface area contributed by atoms with Gasteiger partial charge in [0, 0.05) is 0 Å². The summed E-state index contributed by atoms with van der Waals surface area (Å²) in [6, 6.07) is 0. The quantitative estimate of drug-likeness (QED) is 0.395. The van der Waals surface area contributed by atoms with Crippen molar-refractivity contribution in [1.29, 1.82) is 0 Å². The van der Waals surface area contributed by atoms with Crippen LogP contribution in [-0.2, 0) is 23.3 Å². The molecule has 2 aliphatic carbocycles. The minimum atomic E-state index is 0. The fourth-order valence-corrected chi connectivity index (χ4v) is 1.63. The molecule has 22 heavy (non-hydrogen) atoms. The maximum absolute atomic E-state index is 3.14. The van der Waals surface area contributed by atoms with Crippen molar-refractivity contribution in [2.45, 2.75) is 40.5 Å². The molecule has 0 nitrogen and oxygen atoms in total. The molecule has 0 N–H and O–H groups in total. The van der Waals surface area contributed by atoms with Crippen LogP contribution in [0.1, 0.15) is 40.5 Å². The van der Waals surface area contributed by atoms with E-state index in [2.05, 4.69) is 64.2 Å². The topological polar surface area (TPSA) is 0 Å². The van der Waals surface area contributed by atoms with Crippen LogP contribution in [0.5, 0.6) is 0 Å². The average molecular weight is 439 g/mol. The second-order valence-corrected chi connectivity index (χ2v) is 4.82. The van der Waals surface area contributed by atoms with Crippen molar-refractivity contribution in [1.82, 2.24) is 0 Å². The Bertz CT molecular complexity index is 322. The summed E-state index contributed by atoms with van der Waals surface area (Å²) in [4.78, 5) is 0. The summed E-state index contributed by atoms with van der Waals surface area (Å²) in [5.41, 5.74) is 2.87. The molecule has 0 fully saturated rings. The minimum absolute atomic E-state index is 0. The Morgan fingerprint density at radius 1 is 0.818 bits per heavy atom. The first-order valence-corrected chi connectivity index (χ1v) is 12.4. The summed E-state index contributed by atoms with van der Waals surface area (Å²) in [5.74, 6) is 1.37. The van der Waals surface area contributed by atoms with Crippen molar-refractivity contribution >= 4 is 31.7 Å². The zero-order valence-corrected chi connectivity index (χ0v) is 20.4. The average Bonchev–Trinajstić information content (AvgIpc) is 3.06. The molecule has 0 saturated heterocycles. The van der Waals surface area contributed by atoms with Gasteiger partial charge in [0.05, 0.1) is 0 Å².